The molecule has 4 nitrogen and oxygen atoms in total. The highest BCUT2D eigenvalue weighted by Crippen LogP contribution is 2.47. The summed E-state index contributed by atoms with van der Waals surface area (Å²) in [6, 6.07) is 7.36. The van der Waals surface area contributed by atoms with Gasteiger partial charge in [-0.1, -0.05) is 37.6 Å². The van der Waals surface area contributed by atoms with Crippen LogP contribution in [0.25, 0.3) is 0 Å². The summed E-state index contributed by atoms with van der Waals surface area (Å²) in [6.07, 6.45) is -4.80. The molecule has 2 rings (SSSR count). The first-order chi connectivity index (χ1) is 12.9. The molecule has 0 N–H and O–H groups in total. The third-order valence-corrected chi connectivity index (χ3v) is 4.07. The zero-order valence-corrected chi connectivity index (χ0v) is 14.6. The minimum atomic E-state index is -6.64. The Morgan fingerprint density at radius 2 is 1.57 bits per heavy atom. The lowest BCUT2D eigenvalue weighted by atomic mass is 9.98. The summed E-state index contributed by atoms with van der Waals surface area (Å²) in [4.78, 5) is 11.2. The minimum absolute atomic E-state index is 0.174. The summed E-state index contributed by atoms with van der Waals surface area (Å²) in [5, 5.41) is 0. The molecule has 0 radical (unpaired) electrons. The lowest BCUT2D eigenvalue weighted by Crippen LogP contribution is -2.57. The zero-order chi connectivity index (χ0) is 21.2. The van der Waals surface area contributed by atoms with E-state index < -0.39 is 30.5 Å². The molecule has 1 aliphatic heterocycles. The number of halogens is 7. The molecular weight excluding hydrogens is 401 g/mol. The molecule has 0 amide bonds. The van der Waals surface area contributed by atoms with Gasteiger partial charge in [-0.15, -0.1) is 0 Å². The monoisotopic (exact) mass is 418 g/mol. The van der Waals surface area contributed by atoms with E-state index in [0.717, 1.165) is 24.0 Å². The van der Waals surface area contributed by atoms with Crippen molar-refractivity contribution in [3.63, 3.8) is 0 Å². The zero-order valence-electron chi connectivity index (χ0n) is 14.6. The lowest BCUT2D eigenvalue weighted by Gasteiger charge is -2.31. The Labute approximate surface area is 155 Å². The van der Waals surface area contributed by atoms with Crippen molar-refractivity contribution in [1.29, 1.82) is 0 Å². The van der Waals surface area contributed by atoms with Gasteiger partial charge in [-0.25, -0.2) is 4.79 Å². The number of benzene rings is 1. The molecule has 0 aliphatic carbocycles. The molecule has 1 heterocycles. The van der Waals surface area contributed by atoms with E-state index >= 15 is 0 Å². The topological polar surface area (TPSA) is 44.8 Å². The van der Waals surface area contributed by atoms with Crippen LogP contribution >= 0.6 is 0 Å². The van der Waals surface area contributed by atoms with Crippen molar-refractivity contribution in [3.8, 4) is 0 Å². The van der Waals surface area contributed by atoms with Crippen LogP contribution in [0.2, 0.25) is 0 Å². The highest BCUT2D eigenvalue weighted by molar-refractivity contribution is 5.79. The third-order valence-electron chi connectivity index (χ3n) is 4.07. The second-order valence-corrected chi connectivity index (χ2v) is 6.20. The molecule has 0 atom stereocenters. The Bertz CT molecular complexity index is 665. The molecular formula is C17H17F7O4. The molecule has 1 aromatic rings. The highest BCUT2D eigenvalue weighted by atomic mass is 19.4. The van der Waals surface area contributed by atoms with E-state index in [2.05, 4.69) is 4.74 Å². The lowest BCUT2D eigenvalue weighted by molar-refractivity contribution is -0.360. The molecule has 11 heteroatoms. The van der Waals surface area contributed by atoms with Crippen LogP contribution in [0, 0.1) is 0 Å². The largest absolute Gasteiger partial charge is 0.460 e. The van der Waals surface area contributed by atoms with Gasteiger partial charge in [-0.05, 0) is 17.5 Å². The van der Waals surface area contributed by atoms with E-state index in [0.29, 0.717) is 0 Å². The van der Waals surface area contributed by atoms with Crippen molar-refractivity contribution >= 4 is 5.97 Å². The van der Waals surface area contributed by atoms with Crippen LogP contribution < -0.4 is 0 Å². The van der Waals surface area contributed by atoms with Crippen LogP contribution in [0.1, 0.15) is 30.4 Å². The second kappa shape index (κ2) is 8.24. The first kappa shape index (κ1) is 22.4. The highest BCUT2D eigenvalue weighted by Gasteiger charge is 2.77. The molecule has 0 saturated carbocycles. The quantitative estimate of drug-likeness (QED) is 0.507. The normalized spacial score (nSPS) is 21.4. The summed E-state index contributed by atoms with van der Waals surface area (Å²) in [6.45, 7) is -0.441. The summed E-state index contributed by atoms with van der Waals surface area (Å²) in [7, 11) is 0. The molecule has 0 aromatic heterocycles. The maximum absolute atomic E-state index is 13.2. The van der Waals surface area contributed by atoms with Crippen LogP contribution in [0.4, 0.5) is 30.7 Å². The number of carbonyl (C=O) groups is 1. The Morgan fingerprint density at radius 3 is 2.04 bits per heavy atom. The predicted molar refractivity (Wildman–Crippen MR) is 80.9 cm³/mol. The maximum atomic E-state index is 13.2. The third kappa shape index (κ3) is 4.57. The summed E-state index contributed by atoms with van der Waals surface area (Å²) in [5.74, 6) is -16.2. The van der Waals surface area contributed by atoms with Crippen LogP contribution in [0.15, 0.2) is 24.3 Å². The van der Waals surface area contributed by atoms with Gasteiger partial charge in [-0.2, -0.15) is 30.7 Å². The maximum Gasteiger partial charge on any atom is 0.460 e. The number of alkyl halides is 7. The van der Waals surface area contributed by atoms with Gasteiger partial charge in [0.05, 0.1) is 13.2 Å². The molecule has 1 aliphatic rings. The summed E-state index contributed by atoms with van der Waals surface area (Å²) in [5.41, 5.74) is 1.88. The smallest absolute Gasteiger partial charge is 0.406 e. The number of esters is 1. The van der Waals surface area contributed by atoms with Gasteiger partial charge in [0.15, 0.2) is 0 Å². The van der Waals surface area contributed by atoms with Crippen molar-refractivity contribution in [2.75, 3.05) is 13.2 Å². The first-order valence-corrected chi connectivity index (χ1v) is 8.25. The number of ether oxygens (including phenoxy) is 3. The minimum Gasteiger partial charge on any atom is -0.406 e. The van der Waals surface area contributed by atoms with Gasteiger partial charge >= 0.3 is 30.5 Å². The fraction of sp³-hybridized carbons (Fsp3) is 0.588. The standard InChI is InChI=1S/C17H17F7O4/c1-2-3-10-4-6-11(7-5-10)12-8-26-14(27-9-12)28-13(25)15(18,19)16(20,21)17(22,23)24/h4-7,12,14H,2-3,8-9H2,1H3. The van der Waals surface area contributed by atoms with Crippen molar-refractivity contribution in [2.24, 2.45) is 0 Å². The van der Waals surface area contributed by atoms with Crippen LogP contribution in [-0.4, -0.2) is 43.7 Å². The van der Waals surface area contributed by atoms with Gasteiger partial charge in [0.2, 0.25) is 0 Å². The summed E-state index contributed by atoms with van der Waals surface area (Å²) < 4.78 is 102. The van der Waals surface area contributed by atoms with E-state index in [9.17, 15) is 35.5 Å². The van der Waals surface area contributed by atoms with Gasteiger partial charge in [0.25, 0.3) is 0 Å². The molecule has 28 heavy (non-hydrogen) atoms. The number of hydrogen-bond acceptors (Lipinski definition) is 4. The number of hydrogen-bond donors (Lipinski definition) is 0. The average molecular weight is 418 g/mol. The van der Waals surface area contributed by atoms with Crippen LogP contribution in [0.5, 0.6) is 0 Å². The van der Waals surface area contributed by atoms with Gasteiger partial charge < -0.3 is 14.2 Å². The SMILES string of the molecule is CCCc1ccc(C2COC(OC(=O)C(F)(F)C(F)(F)C(F)(F)F)OC2)cc1. The molecule has 158 valence electrons. The molecule has 0 bridgehead atoms. The van der Waals surface area contributed by atoms with Gasteiger partial charge in [0, 0.05) is 5.92 Å². The molecule has 1 saturated heterocycles. The first-order valence-electron chi connectivity index (χ1n) is 8.25. The van der Waals surface area contributed by atoms with Crippen molar-refractivity contribution in [1.82, 2.24) is 0 Å². The second-order valence-electron chi connectivity index (χ2n) is 6.20. The van der Waals surface area contributed by atoms with E-state index in [-0.39, 0.29) is 19.1 Å². The Kier molecular flexibility index (Phi) is 6.59. The fourth-order valence-electron chi connectivity index (χ4n) is 2.46. The van der Waals surface area contributed by atoms with E-state index in [1.807, 2.05) is 19.1 Å². The van der Waals surface area contributed by atoms with Gasteiger partial charge in [0.1, 0.15) is 0 Å². The number of aryl methyl sites for hydroxylation is 1. The average Bonchev–Trinajstić information content (AvgIpc) is 2.62. The number of carbonyl (C=O) groups excluding carboxylic acids is 1. The van der Waals surface area contributed by atoms with E-state index in [1.54, 1.807) is 12.1 Å². The summed E-state index contributed by atoms with van der Waals surface area (Å²) >= 11 is 0. The van der Waals surface area contributed by atoms with E-state index in [4.69, 9.17) is 9.47 Å². The molecule has 1 fully saturated rings. The van der Waals surface area contributed by atoms with Crippen molar-refractivity contribution in [3.05, 3.63) is 35.4 Å². The number of rotatable bonds is 6. The fourth-order valence-corrected chi connectivity index (χ4v) is 2.46. The van der Waals surface area contributed by atoms with E-state index in [1.165, 1.54) is 0 Å². The molecule has 0 unspecified atom stereocenters. The molecule has 0 spiro atoms. The Morgan fingerprint density at radius 1 is 1.04 bits per heavy atom. The van der Waals surface area contributed by atoms with Crippen molar-refractivity contribution in [2.45, 2.75) is 50.2 Å². The predicted octanol–water partition coefficient (Wildman–Crippen LogP) is 4.43. The van der Waals surface area contributed by atoms with Crippen molar-refractivity contribution < 1.29 is 49.7 Å². The van der Waals surface area contributed by atoms with Gasteiger partial charge in [-0.3, -0.25) is 0 Å². The molecule has 1 aromatic carbocycles. The van der Waals surface area contributed by atoms with Crippen LogP contribution in [-0.2, 0) is 25.4 Å². The van der Waals surface area contributed by atoms with Crippen LogP contribution in [0.3, 0.4) is 0 Å². The Hall–Kier alpha value is -1.88. The Balaban J connectivity index is 1.94.